The van der Waals surface area contributed by atoms with E-state index in [2.05, 4.69) is 10.1 Å². The van der Waals surface area contributed by atoms with E-state index in [1.54, 1.807) is 50.4 Å². The van der Waals surface area contributed by atoms with Crippen LogP contribution >= 0.6 is 0 Å². The highest BCUT2D eigenvalue weighted by Gasteiger charge is 2.40. The van der Waals surface area contributed by atoms with Crippen molar-refractivity contribution in [3.8, 4) is 11.4 Å². The molecule has 0 N–H and O–H groups in total. The van der Waals surface area contributed by atoms with Crippen molar-refractivity contribution in [2.45, 2.75) is 6.92 Å². The molecule has 7 nitrogen and oxygen atoms in total. The van der Waals surface area contributed by atoms with Crippen molar-refractivity contribution < 1.29 is 18.7 Å². The van der Waals surface area contributed by atoms with Crippen molar-refractivity contribution in [1.82, 2.24) is 14.8 Å². The van der Waals surface area contributed by atoms with Crippen molar-refractivity contribution in [1.29, 1.82) is 0 Å². The number of ether oxygens (including phenoxy) is 1. The smallest absolute Gasteiger partial charge is 0.267 e. The molecule has 1 aliphatic rings. The number of hydrogen-bond donors (Lipinski definition) is 0. The Morgan fingerprint density at radius 1 is 1.00 bits per heavy atom. The average molecular weight is 402 g/mol. The lowest BCUT2D eigenvalue weighted by Crippen LogP contribution is -2.29. The van der Waals surface area contributed by atoms with E-state index in [4.69, 9.17) is 4.74 Å². The van der Waals surface area contributed by atoms with Gasteiger partial charge in [-0.2, -0.15) is 5.10 Å². The lowest BCUT2D eigenvalue weighted by Gasteiger charge is -2.14. The van der Waals surface area contributed by atoms with E-state index in [0.29, 0.717) is 33.9 Å². The Morgan fingerprint density at radius 2 is 1.77 bits per heavy atom. The number of carbonyl (C=O) groups excluding carboxylic acids is 2. The Bertz CT molecular complexity index is 1340. The maximum absolute atomic E-state index is 13.7. The van der Waals surface area contributed by atoms with Crippen LogP contribution in [0.3, 0.4) is 0 Å². The molecule has 1 aliphatic heterocycles. The van der Waals surface area contributed by atoms with Gasteiger partial charge in [0.2, 0.25) is 0 Å². The molecule has 0 fully saturated rings. The van der Waals surface area contributed by atoms with Gasteiger partial charge in [-0.3, -0.25) is 9.59 Å². The van der Waals surface area contributed by atoms with Gasteiger partial charge in [0.15, 0.2) is 5.65 Å². The third-order valence-electron chi connectivity index (χ3n) is 5.11. The van der Waals surface area contributed by atoms with Crippen LogP contribution in [0.25, 0.3) is 16.7 Å². The number of fused-ring (bicyclic) bond motifs is 3. The van der Waals surface area contributed by atoms with Crippen LogP contribution < -0.4 is 9.64 Å². The van der Waals surface area contributed by atoms with E-state index < -0.39 is 17.6 Å². The fraction of sp³-hybridized carbons (Fsp3) is 0.0909. The van der Waals surface area contributed by atoms with Gasteiger partial charge < -0.3 is 4.74 Å². The van der Waals surface area contributed by atoms with E-state index in [0.717, 1.165) is 4.90 Å². The van der Waals surface area contributed by atoms with Crippen LogP contribution in [0.15, 0.2) is 54.7 Å². The number of benzene rings is 2. The molecule has 5 rings (SSSR count). The number of methoxy groups -OCH3 is 1. The van der Waals surface area contributed by atoms with Crippen molar-refractivity contribution in [2.24, 2.45) is 0 Å². The predicted octanol–water partition coefficient (Wildman–Crippen LogP) is 3.68. The Labute approximate surface area is 170 Å². The zero-order valence-electron chi connectivity index (χ0n) is 16.1. The molecule has 148 valence electrons. The molecular formula is C22H15FN4O3. The summed E-state index contributed by atoms with van der Waals surface area (Å²) >= 11 is 0. The fourth-order valence-electron chi connectivity index (χ4n) is 3.71. The van der Waals surface area contributed by atoms with E-state index >= 15 is 0 Å². The number of aryl methyl sites for hydroxylation is 1. The summed E-state index contributed by atoms with van der Waals surface area (Å²) in [4.78, 5) is 31.8. The Morgan fingerprint density at radius 3 is 2.47 bits per heavy atom. The maximum atomic E-state index is 13.7. The molecule has 0 saturated carbocycles. The molecule has 8 heteroatoms. The van der Waals surface area contributed by atoms with Gasteiger partial charge in [0.1, 0.15) is 11.6 Å². The van der Waals surface area contributed by atoms with Gasteiger partial charge in [0.05, 0.1) is 40.7 Å². The molecule has 0 saturated heterocycles. The highest BCUT2D eigenvalue weighted by molar-refractivity contribution is 6.37. The van der Waals surface area contributed by atoms with Crippen LogP contribution in [-0.4, -0.2) is 33.7 Å². The van der Waals surface area contributed by atoms with Crippen LogP contribution in [0, 0.1) is 12.7 Å². The minimum atomic E-state index is -0.451. The number of hydrogen-bond acceptors (Lipinski definition) is 5. The second-order valence-corrected chi connectivity index (χ2v) is 6.87. The van der Waals surface area contributed by atoms with Crippen molar-refractivity contribution in [3.05, 3.63) is 77.4 Å². The summed E-state index contributed by atoms with van der Waals surface area (Å²) in [6.07, 6.45) is 1.37. The molecule has 2 aromatic carbocycles. The predicted molar refractivity (Wildman–Crippen MR) is 108 cm³/mol. The Balaban J connectivity index is 1.68. The monoisotopic (exact) mass is 402 g/mol. The van der Waals surface area contributed by atoms with Gasteiger partial charge in [-0.05, 0) is 49.4 Å². The highest BCUT2D eigenvalue weighted by atomic mass is 19.1. The number of aromatic nitrogens is 3. The van der Waals surface area contributed by atoms with Crippen molar-refractivity contribution >= 4 is 28.5 Å². The van der Waals surface area contributed by atoms with E-state index in [1.807, 2.05) is 0 Å². The molecule has 0 aliphatic carbocycles. The van der Waals surface area contributed by atoms with Crippen LogP contribution in [-0.2, 0) is 0 Å². The van der Waals surface area contributed by atoms with Gasteiger partial charge in [-0.1, -0.05) is 6.07 Å². The fourth-order valence-corrected chi connectivity index (χ4v) is 3.71. The number of anilines is 1. The number of halogens is 1. The summed E-state index contributed by atoms with van der Waals surface area (Å²) in [5, 5.41) is 4.93. The molecule has 30 heavy (non-hydrogen) atoms. The first kappa shape index (κ1) is 18.0. The minimum absolute atomic E-state index is 0.213. The average Bonchev–Trinajstić information content (AvgIpc) is 3.22. The summed E-state index contributed by atoms with van der Waals surface area (Å²) < 4.78 is 20.3. The summed E-state index contributed by atoms with van der Waals surface area (Å²) in [6, 6.07) is 12.6. The van der Waals surface area contributed by atoms with Crippen LogP contribution in [0.2, 0.25) is 0 Å². The first-order chi connectivity index (χ1) is 14.5. The number of imide groups is 1. The van der Waals surface area contributed by atoms with Gasteiger partial charge in [0, 0.05) is 6.20 Å². The molecule has 2 aromatic heterocycles. The molecular weight excluding hydrogens is 387 g/mol. The Kier molecular flexibility index (Phi) is 3.89. The van der Waals surface area contributed by atoms with Crippen molar-refractivity contribution in [2.75, 3.05) is 12.0 Å². The molecule has 0 unspecified atom stereocenters. The Hall–Kier alpha value is -4.07. The number of pyridine rings is 1. The van der Waals surface area contributed by atoms with Crippen LogP contribution in [0.4, 0.5) is 10.1 Å². The largest absolute Gasteiger partial charge is 0.497 e. The van der Waals surface area contributed by atoms with E-state index in [9.17, 15) is 14.0 Å². The molecule has 2 amide bonds. The number of carbonyl (C=O) groups is 2. The van der Waals surface area contributed by atoms with E-state index in [1.165, 1.54) is 23.0 Å². The quantitative estimate of drug-likeness (QED) is 0.489. The molecule has 0 radical (unpaired) electrons. The SMILES string of the molecule is COc1ccc(N2C(=O)c3cnc4c(c(C)nn4-c4cccc(F)c4)c3C2=O)cc1. The summed E-state index contributed by atoms with van der Waals surface area (Å²) in [6.45, 7) is 1.73. The first-order valence-corrected chi connectivity index (χ1v) is 9.16. The molecule has 3 heterocycles. The zero-order chi connectivity index (χ0) is 21.0. The zero-order valence-corrected chi connectivity index (χ0v) is 16.1. The van der Waals surface area contributed by atoms with Crippen LogP contribution in [0.5, 0.6) is 5.75 Å². The van der Waals surface area contributed by atoms with Gasteiger partial charge >= 0.3 is 0 Å². The van der Waals surface area contributed by atoms with E-state index in [-0.39, 0.29) is 11.1 Å². The first-order valence-electron chi connectivity index (χ1n) is 9.16. The lowest BCUT2D eigenvalue weighted by molar-refractivity contribution is 0.0926. The second kappa shape index (κ2) is 6.48. The lowest BCUT2D eigenvalue weighted by atomic mass is 10.1. The molecule has 0 bridgehead atoms. The number of rotatable bonds is 3. The third-order valence-corrected chi connectivity index (χ3v) is 5.11. The summed E-state index contributed by atoms with van der Waals surface area (Å²) in [5.74, 6) is -0.694. The third kappa shape index (κ3) is 2.50. The maximum Gasteiger partial charge on any atom is 0.267 e. The molecule has 0 atom stereocenters. The normalized spacial score (nSPS) is 13.2. The molecule has 4 aromatic rings. The van der Waals surface area contributed by atoms with Gasteiger partial charge in [-0.15, -0.1) is 0 Å². The molecule has 0 spiro atoms. The van der Waals surface area contributed by atoms with Crippen LogP contribution in [0.1, 0.15) is 26.4 Å². The minimum Gasteiger partial charge on any atom is -0.497 e. The van der Waals surface area contributed by atoms with Gasteiger partial charge in [-0.25, -0.2) is 19.0 Å². The summed E-state index contributed by atoms with van der Waals surface area (Å²) in [7, 11) is 1.54. The number of nitrogens with zero attached hydrogens (tertiary/aromatic N) is 4. The van der Waals surface area contributed by atoms with Crippen molar-refractivity contribution in [3.63, 3.8) is 0 Å². The topological polar surface area (TPSA) is 77.3 Å². The summed E-state index contributed by atoms with van der Waals surface area (Å²) in [5.41, 5.74) is 2.28. The number of amides is 2. The highest BCUT2D eigenvalue weighted by Crippen LogP contribution is 2.35. The van der Waals surface area contributed by atoms with Gasteiger partial charge in [0.25, 0.3) is 11.8 Å². The second-order valence-electron chi connectivity index (χ2n) is 6.87. The standard InChI is InChI=1S/C22H15FN4O3/c1-12-18-19-17(11-24-20(18)27(25-12)15-5-3-4-13(23)10-15)21(28)26(22(19)29)14-6-8-16(30-2)9-7-14/h3-11H,1-2H3.